The summed E-state index contributed by atoms with van der Waals surface area (Å²) in [6.45, 7) is 6.45. The van der Waals surface area contributed by atoms with Crippen LogP contribution in [0.5, 0.6) is 11.5 Å². The quantitative estimate of drug-likeness (QED) is 0.0274. The number of guanidine groups is 1. The van der Waals surface area contributed by atoms with Crippen molar-refractivity contribution in [3.05, 3.63) is 120 Å². The highest BCUT2D eigenvalue weighted by molar-refractivity contribution is 5.86. The first-order valence-electron chi connectivity index (χ1n) is 21.2. The molecule has 0 spiro atoms. The van der Waals surface area contributed by atoms with E-state index in [9.17, 15) is 9.59 Å². The molecular formula is C47H59N9O5. The second kappa shape index (κ2) is 22.3. The van der Waals surface area contributed by atoms with Crippen LogP contribution in [0.2, 0.25) is 0 Å². The summed E-state index contributed by atoms with van der Waals surface area (Å²) in [7, 11) is 0. The van der Waals surface area contributed by atoms with Gasteiger partial charge in [0.1, 0.15) is 36.4 Å². The number of fused-ring (bicyclic) bond motifs is 3. The normalized spacial score (nSPS) is 12.9. The average Bonchev–Trinajstić information content (AvgIpc) is 3.85. The van der Waals surface area contributed by atoms with E-state index in [1.54, 1.807) is 4.68 Å². The largest absolute Gasteiger partial charge is 0.493 e. The van der Waals surface area contributed by atoms with Crippen LogP contribution in [0.4, 0.5) is 4.79 Å². The van der Waals surface area contributed by atoms with Gasteiger partial charge in [-0.2, -0.15) is 0 Å². The van der Waals surface area contributed by atoms with Gasteiger partial charge in [-0.05, 0) is 79.0 Å². The van der Waals surface area contributed by atoms with Gasteiger partial charge in [-0.15, -0.1) is 5.10 Å². The molecule has 0 saturated carbocycles. The zero-order valence-electron chi connectivity index (χ0n) is 35.2. The number of carbonyl (C=O) groups excluding carboxylic acids is 2. The molecule has 1 aliphatic carbocycles. The predicted octanol–water partition coefficient (Wildman–Crippen LogP) is 6.52. The van der Waals surface area contributed by atoms with Gasteiger partial charge in [-0.25, -0.2) is 4.79 Å². The topological polar surface area (TPSA) is 207 Å². The van der Waals surface area contributed by atoms with Gasteiger partial charge in [0.05, 0.1) is 19.3 Å². The van der Waals surface area contributed by atoms with Gasteiger partial charge in [0.2, 0.25) is 5.91 Å². The molecule has 0 unspecified atom stereocenters. The number of nitrogens with one attached hydrogen (secondary N) is 2. The SMILES string of the molecule is CC(C)CCOc1ccccc1-c1ccccc1OCc1cn(C[C@@H](CCCCN)NC(=O)[C@@H](CCCN=C(N)N)NC(=O)OCC2c3ccccc3-c3ccccc32)nn1. The van der Waals surface area contributed by atoms with Crippen LogP contribution in [0.15, 0.2) is 108 Å². The van der Waals surface area contributed by atoms with Crippen LogP contribution in [-0.2, 0) is 22.7 Å². The van der Waals surface area contributed by atoms with E-state index in [1.807, 2.05) is 79.0 Å². The van der Waals surface area contributed by atoms with Crippen molar-refractivity contribution < 1.29 is 23.8 Å². The Kier molecular flexibility index (Phi) is 16.1. The third kappa shape index (κ3) is 12.6. The Morgan fingerprint density at radius 1 is 0.770 bits per heavy atom. The molecule has 61 heavy (non-hydrogen) atoms. The molecule has 14 nitrogen and oxygen atoms in total. The van der Waals surface area contributed by atoms with E-state index in [2.05, 4.69) is 64.1 Å². The van der Waals surface area contributed by atoms with E-state index in [0.29, 0.717) is 56.4 Å². The van der Waals surface area contributed by atoms with Gasteiger partial charge in [0, 0.05) is 29.6 Å². The van der Waals surface area contributed by atoms with Crippen molar-refractivity contribution >= 4 is 18.0 Å². The highest BCUT2D eigenvalue weighted by Gasteiger charge is 2.30. The number of aliphatic imine (C=N–C) groups is 1. The fraction of sp³-hybridized carbons (Fsp3) is 0.383. The first-order valence-corrected chi connectivity index (χ1v) is 21.2. The lowest BCUT2D eigenvalue weighted by molar-refractivity contribution is -0.124. The Hall–Kier alpha value is -6.41. The summed E-state index contributed by atoms with van der Waals surface area (Å²) in [5.74, 6) is 1.51. The first-order chi connectivity index (χ1) is 29.7. The Labute approximate surface area is 358 Å². The van der Waals surface area contributed by atoms with Crippen molar-refractivity contribution in [1.82, 2.24) is 25.6 Å². The van der Waals surface area contributed by atoms with Crippen molar-refractivity contribution in [3.8, 4) is 33.8 Å². The predicted molar refractivity (Wildman–Crippen MR) is 238 cm³/mol. The van der Waals surface area contributed by atoms with E-state index in [0.717, 1.165) is 58.4 Å². The molecule has 2 amide bonds. The highest BCUT2D eigenvalue weighted by Crippen LogP contribution is 2.44. The number of unbranched alkanes of at least 4 members (excludes halogenated alkanes) is 1. The van der Waals surface area contributed by atoms with Gasteiger partial charge in [0.15, 0.2) is 5.96 Å². The van der Waals surface area contributed by atoms with E-state index in [4.69, 9.17) is 31.4 Å². The molecule has 6 rings (SSSR count). The molecule has 5 aromatic rings. The number of aromatic nitrogens is 3. The van der Waals surface area contributed by atoms with Crippen LogP contribution in [-0.4, -0.2) is 71.3 Å². The number of alkyl carbamates (subject to hydrolysis) is 1. The molecule has 4 aromatic carbocycles. The summed E-state index contributed by atoms with van der Waals surface area (Å²) < 4.78 is 20.0. The summed E-state index contributed by atoms with van der Waals surface area (Å²) >= 11 is 0. The van der Waals surface area contributed by atoms with Crippen molar-refractivity contribution in [2.45, 2.75) is 83.5 Å². The molecule has 1 aliphatic rings. The smallest absolute Gasteiger partial charge is 0.407 e. The first kappa shape index (κ1) is 44.2. The lowest BCUT2D eigenvalue weighted by Crippen LogP contribution is -2.50. The zero-order chi connectivity index (χ0) is 43.0. The molecular weight excluding hydrogens is 771 g/mol. The van der Waals surface area contributed by atoms with Crippen molar-refractivity contribution in [2.75, 3.05) is 26.3 Å². The Morgan fingerprint density at radius 3 is 2.03 bits per heavy atom. The molecule has 8 N–H and O–H groups in total. The minimum atomic E-state index is -0.910. The number of rotatable bonds is 23. The van der Waals surface area contributed by atoms with Gasteiger partial charge in [-0.3, -0.25) is 14.5 Å². The molecule has 1 aromatic heterocycles. The van der Waals surface area contributed by atoms with Gasteiger partial charge < -0.3 is 42.0 Å². The van der Waals surface area contributed by atoms with Crippen molar-refractivity contribution in [2.24, 2.45) is 28.1 Å². The number of hydrogen-bond acceptors (Lipinski definition) is 9. The lowest BCUT2D eigenvalue weighted by Gasteiger charge is -2.24. The van der Waals surface area contributed by atoms with Gasteiger partial charge >= 0.3 is 6.09 Å². The van der Waals surface area contributed by atoms with Crippen LogP contribution < -0.4 is 37.3 Å². The number of para-hydroxylation sites is 2. The molecule has 0 bridgehead atoms. The molecule has 1 heterocycles. The number of nitrogens with zero attached hydrogens (tertiary/aromatic N) is 4. The van der Waals surface area contributed by atoms with Crippen LogP contribution in [0, 0.1) is 5.92 Å². The number of nitrogens with two attached hydrogens (primary N) is 3. The lowest BCUT2D eigenvalue weighted by atomic mass is 9.98. The summed E-state index contributed by atoms with van der Waals surface area (Å²) in [6, 6.07) is 30.8. The maximum Gasteiger partial charge on any atom is 0.407 e. The summed E-state index contributed by atoms with van der Waals surface area (Å²) in [6.07, 6.45) is 5.01. The van der Waals surface area contributed by atoms with Crippen LogP contribution in [0.1, 0.15) is 75.1 Å². The fourth-order valence-electron chi connectivity index (χ4n) is 7.51. The fourth-order valence-corrected chi connectivity index (χ4v) is 7.51. The number of ether oxygens (including phenoxy) is 3. The average molecular weight is 830 g/mol. The van der Waals surface area contributed by atoms with Gasteiger partial charge in [-0.1, -0.05) is 110 Å². The van der Waals surface area contributed by atoms with Crippen molar-refractivity contribution in [1.29, 1.82) is 0 Å². The second-order valence-electron chi connectivity index (χ2n) is 15.7. The standard InChI is InChI=1S/C47H59N9O5/c1-32(2)24-27-59-43-22-9-7-19-39(43)40-20-8-10-23-44(40)60-30-34-29-56(55-54-34)28-33(14-11-12-25-48)52-45(57)42(21-13-26-51-46(49)50)53-47(58)61-31-41-37-17-5-3-15-35(37)36-16-4-6-18-38(36)41/h3-10,15-20,22-23,29,32-33,41-42H,11-14,21,24-28,30-31,48H2,1-2H3,(H,52,57)(H,53,58)(H4,49,50,51)/t33-,42-/m1/s1. The minimum absolute atomic E-state index is 0.0419. The van der Waals surface area contributed by atoms with Gasteiger partial charge in [0.25, 0.3) is 0 Å². The molecule has 0 fully saturated rings. The van der Waals surface area contributed by atoms with E-state index >= 15 is 0 Å². The maximum absolute atomic E-state index is 14.0. The Balaban J connectivity index is 1.09. The third-order valence-corrected chi connectivity index (χ3v) is 10.6. The highest BCUT2D eigenvalue weighted by atomic mass is 16.5. The zero-order valence-corrected chi connectivity index (χ0v) is 35.2. The summed E-state index contributed by atoms with van der Waals surface area (Å²) in [5, 5.41) is 14.7. The minimum Gasteiger partial charge on any atom is -0.493 e. The number of carbonyl (C=O) groups is 2. The molecule has 14 heteroatoms. The summed E-state index contributed by atoms with van der Waals surface area (Å²) in [5.41, 5.74) is 23.9. The van der Waals surface area contributed by atoms with E-state index in [-0.39, 0.29) is 43.5 Å². The second-order valence-corrected chi connectivity index (χ2v) is 15.7. The van der Waals surface area contributed by atoms with Crippen LogP contribution in [0.25, 0.3) is 22.3 Å². The Morgan fingerprint density at radius 2 is 1.39 bits per heavy atom. The Bertz CT molecular complexity index is 2170. The van der Waals surface area contributed by atoms with Crippen LogP contribution in [0.3, 0.4) is 0 Å². The maximum atomic E-state index is 14.0. The number of benzene rings is 4. The van der Waals surface area contributed by atoms with Crippen LogP contribution >= 0.6 is 0 Å². The number of amides is 2. The molecule has 0 aliphatic heterocycles. The molecule has 2 atom stereocenters. The number of hydrogen-bond donors (Lipinski definition) is 5. The van der Waals surface area contributed by atoms with E-state index in [1.165, 1.54) is 0 Å². The van der Waals surface area contributed by atoms with E-state index < -0.39 is 12.1 Å². The summed E-state index contributed by atoms with van der Waals surface area (Å²) in [4.78, 5) is 31.4. The molecule has 0 saturated heterocycles. The molecule has 0 radical (unpaired) electrons. The molecule has 322 valence electrons. The van der Waals surface area contributed by atoms with Crippen molar-refractivity contribution in [3.63, 3.8) is 0 Å². The third-order valence-electron chi connectivity index (χ3n) is 10.6. The monoisotopic (exact) mass is 829 g/mol.